The third-order valence-electron chi connectivity index (χ3n) is 5.17. The second-order valence-electron chi connectivity index (χ2n) is 7.04. The van der Waals surface area contributed by atoms with Crippen LogP contribution in [0.5, 0.6) is 5.75 Å². The molecule has 6 nitrogen and oxygen atoms in total. The van der Waals surface area contributed by atoms with Gasteiger partial charge in [0.1, 0.15) is 22.8 Å². The normalized spacial score (nSPS) is 10.9. The maximum absolute atomic E-state index is 14.9. The fraction of sp³-hybridized carbons (Fsp3) is 0.125. The fourth-order valence-corrected chi connectivity index (χ4v) is 3.91. The molecule has 4 aromatic rings. The van der Waals surface area contributed by atoms with Gasteiger partial charge in [-0.2, -0.15) is 9.78 Å². The number of aromatic nitrogens is 2. The van der Waals surface area contributed by atoms with Crippen molar-refractivity contribution in [2.24, 2.45) is 0 Å². The van der Waals surface area contributed by atoms with Gasteiger partial charge in [-0.3, -0.25) is 4.79 Å². The summed E-state index contributed by atoms with van der Waals surface area (Å²) in [5.74, 6) is -1.35. The number of carbonyl (C=O) groups excluding carboxylic acids is 2. The van der Waals surface area contributed by atoms with Crippen molar-refractivity contribution < 1.29 is 23.5 Å². The molecule has 0 saturated carbocycles. The topological polar surface area (TPSA) is 70.4 Å². The predicted octanol–water partition coefficient (Wildman–Crippen LogP) is 5.29. The van der Waals surface area contributed by atoms with Crippen LogP contribution in [0.3, 0.4) is 0 Å². The number of carbonyl (C=O) groups is 2. The van der Waals surface area contributed by atoms with Gasteiger partial charge >= 0.3 is 5.97 Å². The lowest BCUT2D eigenvalue weighted by molar-refractivity contribution is 0.0597. The molecule has 8 heteroatoms. The first kappa shape index (κ1) is 21.5. The zero-order chi connectivity index (χ0) is 23.0. The van der Waals surface area contributed by atoms with Crippen LogP contribution in [0.25, 0.3) is 22.2 Å². The van der Waals surface area contributed by atoms with Crippen molar-refractivity contribution in [1.29, 1.82) is 0 Å². The van der Waals surface area contributed by atoms with Crippen molar-refractivity contribution in [3.05, 3.63) is 82.1 Å². The molecule has 1 heterocycles. The third kappa shape index (κ3) is 3.50. The number of benzene rings is 3. The molecule has 0 aliphatic rings. The first-order valence-electron chi connectivity index (χ1n) is 9.61. The maximum atomic E-state index is 14.9. The number of esters is 1. The summed E-state index contributed by atoms with van der Waals surface area (Å²) in [4.78, 5) is 25.4. The van der Waals surface area contributed by atoms with Crippen molar-refractivity contribution in [1.82, 2.24) is 9.78 Å². The molecule has 0 spiro atoms. The van der Waals surface area contributed by atoms with Gasteiger partial charge in [-0.05, 0) is 42.8 Å². The number of rotatable bonds is 4. The minimum absolute atomic E-state index is 0.165. The van der Waals surface area contributed by atoms with E-state index in [1.54, 1.807) is 43.3 Å². The van der Waals surface area contributed by atoms with Gasteiger partial charge in [-0.15, -0.1) is 0 Å². The molecule has 0 atom stereocenters. The van der Waals surface area contributed by atoms with E-state index in [0.717, 1.165) is 4.68 Å². The SMILES string of the molecule is COC(=O)c1ccc(-c2nn(C(=O)c3c(C)cccc3Cl)c3cccc(F)c23)cc1OC. The highest BCUT2D eigenvalue weighted by Crippen LogP contribution is 2.34. The average Bonchev–Trinajstić information content (AvgIpc) is 3.19. The monoisotopic (exact) mass is 452 g/mol. The highest BCUT2D eigenvalue weighted by molar-refractivity contribution is 6.34. The van der Waals surface area contributed by atoms with Crippen LogP contribution >= 0.6 is 11.6 Å². The van der Waals surface area contributed by atoms with E-state index in [1.807, 2.05) is 0 Å². The Balaban J connectivity index is 1.95. The highest BCUT2D eigenvalue weighted by Gasteiger charge is 2.24. The second-order valence-corrected chi connectivity index (χ2v) is 7.45. The van der Waals surface area contributed by atoms with Gasteiger partial charge in [-0.1, -0.05) is 35.9 Å². The first-order chi connectivity index (χ1) is 15.4. The molecule has 0 aliphatic carbocycles. The molecule has 0 saturated heterocycles. The van der Waals surface area contributed by atoms with Crippen molar-refractivity contribution in [3.8, 4) is 17.0 Å². The summed E-state index contributed by atoms with van der Waals surface area (Å²) < 4.78 is 26.1. The smallest absolute Gasteiger partial charge is 0.341 e. The predicted molar refractivity (Wildman–Crippen MR) is 119 cm³/mol. The van der Waals surface area contributed by atoms with Crippen LogP contribution in [-0.4, -0.2) is 35.9 Å². The van der Waals surface area contributed by atoms with Crippen molar-refractivity contribution in [2.45, 2.75) is 6.92 Å². The number of halogens is 2. The van der Waals surface area contributed by atoms with Crippen LogP contribution in [-0.2, 0) is 4.74 Å². The third-order valence-corrected chi connectivity index (χ3v) is 5.48. The quantitative estimate of drug-likeness (QED) is 0.393. The van der Waals surface area contributed by atoms with Crippen LogP contribution < -0.4 is 4.74 Å². The molecule has 162 valence electrons. The Morgan fingerprint density at radius 1 is 1.06 bits per heavy atom. The van der Waals surface area contributed by atoms with Gasteiger partial charge in [0.2, 0.25) is 0 Å². The summed E-state index contributed by atoms with van der Waals surface area (Å²) in [6, 6.07) is 14.2. The van der Waals surface area contributed by atoms with Gasteiger partial charge in [0.05, 0.1) is 35.7 Å². The van der Waals surface area contributed by atoms with Gasteiger partial charge in [0, 0.05) is 5.56 Å². The molecule has 1 aromatic heterocycles. The first-order valence-corrected chi connectivity index (χ1v) is 9.99. The number of ether oxygens (including phenoxy) is 2. The van der Waals surface area contributed by atoms with Crippen LogP contribution in [0.15, 0.2) is 54.6 Å². The van der Waals surface area contributed by atoms with Gasteiger partial charge in [0.15, 0.2) is 0 Å². The van der Waals surface area contributed by atoms with Gasteiger partial charge < -0.3 is 9.47 Å². The van der Waals surface area contributed by atoms with Crippen LogP contribution in [0, 0.1) is 12.7 Å². The van der Waals surface area contributed by atoms with E-state index in [2.05, 4.69) is 5.10 Å². The maximum Gasteiger partial charge on any atom is 0.341 e. The average molecular weight is 453 g/mol. The van der Waals surface area contributed by atoms with Crippen LogP contribution in [0.4, 0.5) is 4.39 Å². The minimum Gasteiger partial charge on any atom is -0.496 e. The number of methoxy groups -OCH3 is 2. The summed E-state index contributed by atoms with van der Waals surface area (Å²) in [5.41, 5.74) is 2.16. The summed E-state index contributed by atoms with van der Waals surface area (Å²) in [6.07, 6.45) is 0. The van der Waals surface area contributed by atoms with E-state index < -0.39 is 17.7 Å². The molecule has 0 amide bonds. The Morgan fingerprint density at radius 2 is 1.81 bits per heavy atom. The summed E-state index contributed by atoms with van der Waals surface area (Å²) in [7, 11) is 2.68. The Morgan fingerprint density at radius 3 is 2.50 bits per heavy atom. The Bertz CT molecular complexity index is 1360. The standard InChI is InChI=1S/C24H18ClFN2O4/c1-13-6-4-7-16(25)20(13)23(29)28-18-9-5-8-17(26)21(18)22(27-28)14-10-11-15(24(30)32-3)19(12-14)31-2/h4-12H,1-3H3. The summed E-state index contributed by atoms with van der Waals surface area (Å²) >= 11 is 6.28. The zero-order valence-electron chi connectivity index (χ0n) is 17.5. The van der Waals surface area contributed by atoms with Crippen molar-refractivity contribution >= 4 is 34.4 Å². The molecular formula is C24H18ClFN2O4. The molecule has 0 radical (unpaired) electrons. The number of aryl methyl sites for hydroxylation is 1. The van der Waals surface area contributed by atoms with Crippen molar-refractivity contribution in [2.75, 3.05) is 14.2 Å². The van der Waals surface area contributed by atoms with E-state index in [1.165, 1.54) is 32.4 Å². The Hall–Kier alpha value is -3.71. The Kier molecular flexibility index (Phi) is 5.67. The van der Waals surface area contributed by atoms with Crippen LogP contribution in [0.2, 0.25) is 5.02 Å². The lowest BCUT2D eigenvalue weighted by Gasteiger charge is -2.09. The summed E-state index contributed by atoms with van der Waals surface area (Å²) in [5, 5.41) is 4.89. The lowest BCUT2D eigenvalue weighted by Crippen LogP contribution is -2.15. The van der Waals surface area contributed by atoms with E-state index in [-0.39, 0.29) is 33.0 Å². The second kappa shape index (κ2) is 8.43. The fourth-order valence-electron chi connectivity index (χ4n) is 3.61. The zero-order valence-corrected chi connectivity index (χ0v) is 18.2. The Labute approximate surface area is 188 Å². The van der Waals surface area contributed by atoms with Gasteiger partial charge in [0.25, 0.3) is 5.91 Å². The molecule has 3 aromatic carbocycles. The highest BCUT2D eigenvalue weighted by atomic mass is 35.5. The van der Waals surface area contributed by atoms with Gasteiger partial charge in [-0.25, -0.2) is 9.18 Å². The molecule has 0 aliphatic heterocycles. The van der Waals surface area contributed by atoms with E-state index >= 15 is 0 Å². The molecular weight excluding hydrogens is 435 g/mol. The lowest BCUT2D eigenvalue weighted by atomic mass is 10.0. The number of nitrogens with zero attached hydrogens (tertiary/aromatic N) is 2. The molecule has 32 heavy (non-hydrogen) atoms. The molecule has 4 rings (SSSR count). The van der Waals surface area contributed by atoms with Crippen LogP contribution in [0.1, 0.15) is 26.3 Å². The summed E-state index contributed by atoms with van der Waals surface area (Å²) in [6.45, 7) is 1.77. The van der Waals surface area contributed by atoms with Crippen molar-refractivity contribution in [3.63, 3.8) is 0 Å². The number of hydrogen-bond donors (Lipinski definition) is 0. The largest absolute Gasteiger partial charge is 0.496 e. The number of fused-ring (bicyclic) bond motifs is 1. The van der Waals surface area contributed by atoms with E-state index in [4.69, 9.17) is 21.1 Å². The molecule has 0 bridgehead atoms. The number of hydrogen-bond acceptors (Lipinski definition) is 5. The van der Waals surface area contributed by atoms with E-state index in [9.17, 15) is 14.0 Å². The minimum atomic E-state index is -0.570. The molecule has 0 unspecified atom stereocenters. The van der Waals surface area contributed by atoms with E-state index in [0.29, 0.717) is 16.6 Å². The molecule has 0 N–H and O–H groups in total. The molecule has 0 fully saturated rings.